The van der Waals surface area contributed by atoms with Gasteiger partial charge >= 0.3 is 11.9 Å². The molecule has 0 N–H and O–H groups in total. The number of carbonyl (C=O) groups is 3. The van der Waals surface area contributed by atoms with Crippen molar-refractivity contribution in [2.24, 2.45) is 0 Å². The maximum Gasteiger partial charge on any atom is 0.306 e. The average molecular weight is 904 g/mol. The van der Waals surface area contributed by atoms with Crippen LogP contribution in [-0.4, -0.2) is 82.3 Å². The van der Waals surface area contributed by atoms with Gasteiger partial charge in [0.1, 0.15) is 13.2 Å². The van der Waals surface area contributed by atoms with E-state index >= 15 is 0 Å². The fourth-order valence-corrected chi connectivity index (χ4v) is 5.94. The van der Waals surface area contributed by atoms with Crippen molar-refractivity contribution in [3.63, 3.8) is 0 Å². The number of esters is 2. The summed E-state index contributed by atoms with van der Waals surface area (Å²) in [6.45, 7) is 4.42. The van der Waals surface area contributed by atoms with Crippen LogP contribution in [0.15, 0.2) is 122 Å². The van der Waals surface area contributed by atoms with E-state index in [2.05, 4.69) is 135 Å². The number of hydrogen-bond donors (Lipinski definition) is 0. The van der Waals surface area contributed by atoms with Gasteiger partial charge in [-0.25, -0.2) is 0 Å². The lowest BCUT2D eigenvalue weighted by atomic mass is 10.1. The quantitative estimate of drug-likeness (QED) is 0.0196. The van der Waals surface area contributed by atoms with Crippen LogP contribution in [0.25, 0.3) is 0 Å². The number of hydrogen-bond acceptors (Lipinski definition) is 8. The standard InChI is InChI=1S/C56H89NO8/c1-6-8-10-12-14-16-18-20-22-24-25-26-27-28-29-31-33-35-37-39-41-43-45-47-54(59)65-52(51-64-56(55(60)61)62-49-48-57(3,4)5)50-63-53(58)46-44-42-40-38-36-34-32-30-23-21-19-17-15-13-11-9-7-2/h8-11,14-17,20-23,25-26,28-29,32-35,52,56H,6-7,12-13,18-19,24,27,30-31,36-51H2,1-5H3/b10-8-,11-9-,16-14-,17-15-,22-20-,23-21-,26-25-,29-28-,34-32-,35-33-. The normalized spacial score (nSPS) is 13.9. The Morgan fingerprint density at radius 1 is 0.462 bits per heavy atom. The van der Waals surface area contributed by atoms with Crippen LogP contribution >= 0.6 is 0 Å². The van der Waals surface area contributed by atoms with E-state index in [1.54, 1.807) is 0 Å². The smallest absolute Gasteiger partial charge is 0.306 e. The van der Waals surface area contributed by atoms with E-state index in [0.717, 1.165) is 116 Å². The first-order valence-electron chi connectivity index (χ1n) is 24.7. The highest BCUT2D eigenvalue weighted by Gasteiger charge is 2.21. The first-order valence-corrected chi connectivity index (χ1v) is 24.7. The summed E-state index contributed by atoms with van der Waals surface area (Å²) in [6, 6.07) is 0. The number of aliphatic carboxylic acids is 1. The second-order valence-electron chi connectivity index (χ2n) is 17.0. The molecule has 2 unspecified atom stereocenters. The van der Waals surface area contributed by atoms with Crippen molar-refractivity contribution in [1.29, 1.82) is 0 Å². The van der Waals surface area contributed by atoms with Crippen LogP contribution in [0.2, 0.25) is 0 Å². The Kier molecular flexibility index (Phi) is 43.2. The van der Waals surface area contributed by atoms with Crippen LogP contribution in [0.4, 0.5) is 0 Å². The predicted molar refractivity (Wildman–Crippen MR) is 269 cm³/mol. The Balaban J connectivity index is 4.50. The van der Waals surface area contributed by atoms with E-state index < -0.39 is 30.3 Å². The number of carbonyl (C=O) groups excluding carboxylic acids is 3. The second kappa shape index (κ2) is 46.2. The van der Waals surface area contributed by atoms with Crippen molar-refractivity contribution >= 4 is 17.9 Å². The molecule has 0 aromatic heterocycles. The first-order chi connectivity index (χ1) is 31.6. The van der Waals surface area contributed by atoms with Crippen LogP contribution in [0.5, 0.6) is 0 Å². The summed E-state index contributed by atoms with van der Waals surface area (Å²) in [6.07, 6.45) is 60.9. The Morgan fingerprint density at radius 3 is 1.22 bits per heavy atom. The molecular formula is C56H89NO8. The van der Waals surface area contributed by atoms with Crippen LogP contribution in [0.1, 0.15) is 155 Å². The molecule has 65 heavy (non-hydrogen) atoms. The second-order valence-corrected chi connectivity index (χ2v) is 17.0. The first kappa shape index (κ1) is 60.7. The van der Waals surface area contributed by atoms with Crippen molar-refractivity contribution < 1.29 is 42.9 Å². The highest BCUT2D eigenvalue weighted by molar-refractivity contribution is 5.70. The van der Waals surface area contributed by atoms with Gasteiger partial charge in [-0.1, -0.05) is 161 Å². The van der Waals surface area contributed by atoms with Gasteiger partial charge in [0.2, 0.25) is 0 Å². The lowest BCUT2D eigenvalue weighted by molar-refractivity contribution is -0.870. The highest BCUT2D eigenvalue weighted by atomic mass is 16.7. The van der Waals surface area contributed by atoms with E-state index in [1.165, 1.54) is 0 Å². The van der Waals surface area contributed by atoms with E-state index in [0.29, 0.717) is 23.9 Å². The summed E-state index contributed by atoms with van der Waals surface area (Å²) in [5.74, 6) is -2.37. The van der Waals surface area contributed by atoms with Crippen molar-refractivity contribution in [2.75, 3.05) is 47.5 Å². The molecule has 0 aromatic rings. The molecule has 0 aliphatic rings. The summed E-state index contributed by atoms with van der Waals surface area (Å²) in [7, 11) is 5.88. The maximum atomic E-state index is 12.8. The molecule has 0 bridgehead atoms. The highest BCUT2D eigenvalue weighted by Crippen LogP contribution is 2.11. The third kappa shape index (κ3) is 47.5. The fraction of sp³-hybridized carbons (Fsp3) is 0.589. The van der Waals surface area contributed by atoms with Gasteiger partial charge in [-0.3, -0.25) is 9.59 Å². The monoisotopic (exact) mass is 904 g/mol. The Bertz CT molecular complexity index is 1470. The number of quaternary nitrogens is 1. The van der Waals surface area contributed by atoms with Crippen molar-refractivity contribution in [3.8, 4) is 0 Å². The van der Waals surface area contributed by atoms with Crippen molar-refractivity contribution in [3.05, 3.63) is 122 Å². The van der Waals surface area contributed by atoms with Gasteiger partial charge in [0.15, 0.2) is 12.4 Å². The number of nitrogens with zero attached hydrogens (tertiary/aromatic N) is 1. The molecule has 366 valence electrons. The molecule has 0 radical (unpaired) electrons. The molecular weight excluding hydrogens is 815 g/mol. The zero-order valence-corrected chi connectivity index (χ0v) is 41.3. The molecule has 0 aromatic carbocycles. The summed E-state index contributed by atoms with van der Waals surface area (Å²) in [5.41, 5.74) is 0. The molecule has 0 saturated heterocycles. The van der Waals surface area contributed by atoms with Gasteiger partial charge in [-0.2, -0.15) is 0 Å². The number of allylic oxidation sites excluding steroid dienone is 20. The molecule has 2 atom stereocenters. The summed E-state index contributed by atoms with van der Waals surface area (Å²) < 4.78 is 22.5. The number of ether oxygens (including phenoxy) is 4. The zero-order valence-electron chi connectivity index (χ0n) is 41.3. The lowest BCUT2D eigenvalue weighted by Gasteiger charge is -2.26. The predicted octanol–water partition coefficient (Wildman–Crippen LogP) is 12.4. The fourth-order valence-electron chi connectivity index (χ4n) is 5.94. The third-order valence-electron chi connectivity index (χ3n) is 9.70. The van der Waals surface area contributed by atoms with E-state index in [9.17, 15) is 19.5 Å². The van der Waals surface area contributed by atoms with Gasteiger partial charge in [0.05, 0.1) is 40.3 Å². The minimum atomic E-state index is -1.64. The van der Waals surface area contributed by atoms with E-state index in [-0.39, 0.29) is 32.7 Å². The van der Waals surface area contributed by atoms with Crippen LogP contribution in [0.3, 0.4) is 0 Å². The van der Waals surface area contributed by atoms with Gasteiger partial charge < -0.3 is 33.3 Å². The molecule has 0 spiro atoms. The van der Waals surface area contributed by atoms with Gasteiger partial charge in [-0.15, -0.1) is 0 Å². The SMILES string of the molecule is CC/C=C\C/C=C\C/C=C\C/C=C\C/C=C\C/C=C\CCCCCCC(=O)OC(COC(=O)CCCCCC/C=C\C/C=C\C/C=C\C/C=C\CC)COC(OCC[N+](C)(C)C)C(=O)[O-]. The molecule has 0 amide bonds. The van der Waals surface area contributed by atoms with Crippen LogP contribution in [-0.2, 0) is 33.3 Å². The minimum absolute atomic E-state index is 0.130. The summed E-state index contributed by atoms with van der Waals surface area (Å²) in [4.78, 5) is 37.1. The molecule has 9 heteroatoms. The number of carboxylic acids is 1. The van der Waals surface area contributed by atoms with Crippen molar-refractivity contribution in [1.82, 2.24) is 0 Å². The van der Waals surface area contributed by atoms with Gasteiger partial charge in [-0.05, 0) is 103 Å². The number of rotatable bonds is 43. The number of carboxylic acid groups (broad SMARTS) is 1. The van der Waals surface area contributed by atoms with Gasteiger partial charge in [0.25, 0.3) is 0 Å². The van der Waals surface area contributed by atoms with Crippen LogP contribution < -0.4 is 5.11 Å². The molecule has 0 aliphatic heterocycles. The molecule has 0 fully saturated rings. The largest absolute Gasteiger partial charge is 0.545 e. The minimum Gasteiger partial charge on any atom is -0.545 e. The Labute approximate surface area is 396 Å². The van der Waals surface area contributed by atoms with Gasteiger partial charge in [0, 0.05) is 12.8 Å². The molecule has 0 rings (SSSR count). The zero-order chi connectivity index (χ0) is 47.7. The molecule has 0 aliphatic carbocycles. The molecule has 0 saturated carbocycles. The number of unbranched alkanes of at least 4 members (excludes halogenated alkanes) is 8. The lowest BCUT2D eigenvalue weighted by Crippen LogP contribution is -2.44. The Morgan fingerprint density at radius 2 is 0.831 bits per heavy atom. The summed E-state index contributed by atoms with van der Waals surface area (Å²) >= 11 is 0. The van der Waals surface area contributed by atoms with Crippen LogP contribution in [0, 0.1) is 0 Å². The summed E-state index contributed by atoms with van der Waals surface area (Å²) in [5, 5.41) is 11.7. The van der Waals surface area contributed by atoms with Crippen molar-refractivity contribution in [2.45, 2.75) is 167 Å². The average Bonchev–Trinajstić information content (AvgIpc) is 3.27. The topological polar surface area (TPSA) is 111 Å². The third-order valence-corrected chi connectivity index (χ3v) is 9.70. The molecule has 9 nitrogen and oxygen atoms in total. The maximum absolute atomic E-state index is 12.8. The number of likely N-dealkylation sites (N-methyl/N-ethyl adjacent to an activating group) is 1. The van der Waals surface area contributed by atoms with E-state index in [1.807, 2.05) is 21.1 Å². The molecule has 0 heterocycles. The Hall–Kier alpha value is -4.31. The van der Waals surface area contributed by atoms with E-state index in [4.69, 9.17) is 18.9 Å².